The summed E-state index contributed by atoms with van der Waals surface area (Å²) in [7, 11) is 0. The minimum Gasteiger partial charge on any atom is -0.393 e. The molecule has 1 aliphatic carbocycles. The normalized spacial score (nSPS) is 22.3. The summed E-state index contributed by atoms with van der Waals surface area (Å²) in [5.41, 5.74) is 0.911. The Balaban J connectivity index is 1.65. The lowest BCUT2D eigenvalue weighted by molar-refractivity contribution is -0.122. The number of pyridine rings is 1. The molecule has 3 rings (SSSR count). The van der Waals surface area contributed by atoms with E-state index in [-0.39, 0.29) is 18.1 Å². The smallest absolute Gasteiger partial charge is 0.224 e. The second-order valence-corrected chi connectivity index (χ2v) is 6.46. The molecule has 0 spiro atoms. The molecule has 1 saturated carbocycles. The van der Waals surface area contributed by atoms with Crippen molar-refractivity contribution in [3.05, 3.63) is 52.5 Å². The molecule has 0 radical (unpaired) electrons. The topological polar surface area (TPSA) is 62.2 Å². The van der Waals surface area contributed by atoms with Crippen LogP contribution in [0.3, 0.4) is 0 Å². The molecule has 0 aromatic carbocycles. The number of thiophene rings is 1. The number of aliphatic hydroxyl groups is 1. The van der Waals surface area contributed by atoms with Crippen LogP contribution in [0.15, 0.2) is 42.0 Å². The van der Waals surface area contributed by atoms with Crippen LogP contribution in [-0.2, 0) is 11.2 Å². The van der Waals surface area contributed by atoms with Gasteiger partial charge >= 0.3 is 0 Å². The van der Waals surface area contributed by atoms with Gasteiger partial charge in [-0.3, -0.25) is 9.78 Å². The number of aromatic nitrogens is 1. The van der Waals surface area contributed by atoms with Crippen LogP contribution in [0.1, 0.15) is 29.3 Å². The summed E-state index contributed by atoms with van der Waals surface area (Å²) in [6, 6.07) is 7.79. The van der Waals surface area contributed by atoms with E-state index in [4.69, 9.17) is 0 Å². The first-order valence-corrected chi connectivity index (χ1v) is 8.00. The van der Waals surface area contributed by atoms with E-state index in [1.54, 1.807) is 23.7 Å². The monoisotopic (exact) mass is 302 g/mol. The van der Waals surface area contributed by atoms with Crippen LogP contribution in [-0.4, -0.2) is 22.1 Å². The molecule has 1 aliphatic rings. The third kappa shape index (κ3) is 3.49. The van der Waals surface area contributed by atoms with Gasteiger partial charge in [-0.2, -0.15) is 0 Å². The summed E-state index contributed by atoms with van der Waals surface area (Å²) in [6.45, 7) is 0. The third-order valence-corrected chi connectivity index (χ3v) is 4.83. The Labute approximate surface area is 127 Å². The van der Waals surface area contributed by atoms with Crippen molar-refractivity contribution in [3.63, 3.8) is 0 Å². The fourth-order valence-corrected chi connectivity index (χ4v) is 3.57. The molecule has 2 aromatic heterocycles. The molecule has 2 aromatic rings. The molecule has 1 amide bonds. The quantitative estimate of drug-likeness (QED) is 0.891. The SMILES string of the molecule is O=C(Cc1cccnc1)N[C@H](c1cccs1)C1CC(O)C1. The lowest BCUT2D eigenvalue weighted by Gasteiger charge is -2.37. The maximum absolute atomic E-state index is 12.2. The summed E-state index contributed by atoms with van der Waals surface area (Å²) in [6.07, 6.45) is 5.06. The Morgan fingerprint density at radius 1 is 1.43 bits per heavy atom. The number of carbonyl (C=O) groups is 1. The highest BCUT2D eigenvalue weighted by atomic mass is 32.1. The van der Waals surface area contributed by atoms with Crippen LogP contribution in [0, 0.1) is 5.92 Å². The van der Waals surface area contributed by atoms with E-state index < -0.39 is 0 Å². The van der Waals surface area contributed by atoms with Gasteiger partial charge in [-0.25, -0.2) is 0 Å². The maximum atomic E-state index is 12.2. The molecule has 1 fully saturated rings. The van der Waals surface area contributed by atoms with Gasteiger partial charge in [0.25, 0.3) is 0 Å². The van der Waals surface area contributed by atoms with E-state index in [1.807, 2.05) is 29.6 Å². The lowest BCUT2D eigenvalue weighted by Crippen LogP contribution is -2.41. The molecule has 2 heterocycles. The highest BCUT2D eigenvalue weighted by Gasteiger charge is 2.36. The van der Waals surface area contributed by atoms with Gasteiger partial charge in [0.05, 0.1) is 18.6 Å². The summed E-state index contributed by atoms with van der Waals surface area (Å²) in [5.74, 6) is 0.333. The van der Waals surface area contributed by atoms with E-state index in [0.29, 0.717) is 12.3 Å². The number of carbonyl (C=O) groups excluding carboxylic acids is 1. The van der Waals surface area contributed by atoms with Crippen molar-refractivity contribution in [2.45, 2.75) is 31.4 Å². The first-order valence-electron chi connectivity index (χ1n) is 7.12. The molecule has 0 bridgehead atoms. The number of aliphatic hydroxyl groups excluding tert-OH is 1. The van der Waals surface area contributed by atoms with Gasteiger partial charge in [-0.15, -0.1) is 11.3 Å². The summed E-state index contributed by atoms with van der Waals surface area (Å²) >= 11 is 1.65. The Morgan fingerprint density at radius 2 is 2.29 bits per heavy atom. The predicted molar refractivity (Wildman–Crippen MR) is 81.9 cm³/mol. The molecular formula is C16H18N2O2S. The number of amides is 1. The number of nitrogens with zero attached hydrogens (tertiary/aromatic N) is 1. The second-order valence-electron chi connectivity index (χ2n) is 5.48. The molecule has 4 nitrogen and oxygen atoms in total. The van der Waals surface area contributed by atoms with Gasteiger partial charge in [-0.05, 0) is 41.8 Å². The third-order valence-electron chi connectivity index (χ3n) is 3.87. The van der Waals surface area contributed by atoms with Crippen LogP contribution < -0.4 is 5.32 Å². The van der Waals surface area contributed by atoms with Gasteiger partial charge in [0.1, 0.15) is 0 Å². The van der Waals surface area contributed by atoms with Crippen molar-refractivity contribution in [2.24, 2.45) is 5.92 Å². The first kappa shape index (κ1) is 14.2. The van der Waals surface area contributed by atoms with E-state index in [0.717, 1.165) is 23.3 Å². The van der Waals surface area contributed by atoms with E-state index in [1.165, 1.54) is 0 Å². The van der Waals surface area contributed by atoms with Crippen LogP contribution in [0.4, 0.5) is 0 Å². The number of hydrogen-bond acceptors (Lipinski definition) is 4. The Bertz CT molecular complexity index is 580. The highest BCUT2D eigenvalue weighted by molar-refractivity contribution is 7.10. The van der Waals surface area contributed by atoms with Gasteiger partial charge < -0.3 is 10.4 Å². The Hall–Kier alpha value is -1.72. The average Bonchev–Trinajstić information content (AvgIpc) is 2.97. The molecule has 21 heavy (non-hydrogen) atoms. The number of hydrogen-bond donors (Lipinski definition) is 2. The fraction of sp³-hybridized carbons (Fsp3) is 0.375. The van der Waals surface area contributed by atoms with Crippen molar-refractivity contribution < 1.29 is 9.90 Å². The molecular weight excluding hydrogens is 284 g/mol. The summed E-state index contributed by atoms with van der Waals surface area (Å²) in [4.78, 5) is 17.4. The first-order chi connectivity index (χ1) is 10.2. The van der Waals surface area contributed by atoms with Gasteiger partial charge in [0.2, 0.25) is 5.91 Å². The Morgan fingerprint density at radius 3 is 2.90 bits per heavy atom. The van der Waals surface area contributed by atoms with Gasteiger partial charge in [-0.1, -0.05) is 12.1 Å². The zero-order chi connectivity index (χ0) is 14.7. The van der Waals surface area contributed by atoms with E-state index in [2.05, 4.69) is 10.3 Å². The largest absolute Gasteiger partial charge is 0.393 e. The van der Waals surface area contributed by atoms with E-state index >= 15 is 0 Å². The van der Waals surface area contributed by atoms with Crippen molar-refractivity contribution in [1.82, 2.24) is 10.3 Å². The molecule has 1 atom stereocenters. The van der Waals surface area contributed by atoms with Crippen LogP contribution in [0.5, 0.6) is 0 Å². The standard InChI is InChI=1S/C16H18N2O2S/c19-13-8-12(9-13)16(14-4-2-6-21-14)18-15(20)7-11-3-1-5-17-10-11/h1-6,10,12-13,16,19H,7-9H2,(H,18,20)/t12?,13?,16-/m0/s1. The van der Waals surface area contributed by atoms with Crippen LogP contribution >= 0.6 is 11.3 Å². The highest BCUT2D eigenvalue weighted by Crippen LogP contribution is 2.39. The molecule has 0 saturated heterocycles. The molecule has 110 valence electrons. The van der Waals surface area contributed by atoms with Gasteiger partial charge in [0, 0.05) is 17.3 Å². The maximum Gasteiger partial charge on any atom is 0.224 e. The molecule has 5 heteroatoms. The number of nitrogens with one attached hydrogen (secondary N) is 1. The second kappa shape index (κ2) is 6.37. The van der Waals surface area contributed by atoms with Crippen molar-refractivity contribution in [1.29, 1.82) is 0 Å². The molecule has 0 aliphatic heterocycles. The Kier molecular flexibility index (Phi) is 4.31. The zero-order valence-electron chi connectivity index (χ0n) is 11.6. The average molecular weight is 302 g/mol. The summed E-state index contributed by atoms with van der Waals surface area (Å²) in [5, 5.41) is 14.7. The summed E-state index contributed by atoms with van der Waals surface area (Å²) < 4.78 is 0. The predicted octanol–water partition coefficient (Wildman–Crippen LogP) is 2.31. The lowest BCUT2D eigenvalue weighted by atomic mass is 9.76. The molecule has 2 N–H and O–H groups in total. The minimum absolute atomic E-state index is 0.00258. The van der Waals surface area contributed by atoms with Crippen molar-refractivity contribution in [3.8, 4) is 0 Å². The zero-order valence-corrected chi connectivity index (χ0v) is 12.4. The van der Waals surface area contributed by atoms with Crippen molar-refractivity contribution in [2.75, 3.05) is 0 Å². The molecule has 0 unspecified atom stereocenters. The number of rotatable bonds is 5. The minimum atomic E-state index is -0.215. The van der Waals surface area contributed by atoms with E-state index in [9.17, 15) is 9.90 Å². The van der Waals surface area contributed by atoms with Crippen LogP contribution in [0.2, 0.25) is 0 Å². The van der Waals surface area contributed by atoms with Crippen molar-refractivity contribution >= 4 is 17.2 Å². The van der Waals surface area contributed by atoms with Gasteiger partial charge in [0.15, 0.2) is 0 Å². The van der Waals surface area contributed by atoms with Crippen LogP contribution in [0.25, 0.3) is 0 Å². The fourth-order valence-electron chi connectivity index (χ4n) is 2.70.